The van der Waals surface area contributed by atoms with Crippen LogP contribution in [0.25, 0.3) is 0 Å². The van der Waals surface area contributed by atoms with E-state index in [1.54, 1.807) is 0 Å². The molecule has 0 amide bonds. The second kappa shape index (κ2) is 6.91. The number of aliphatic hydroxyl groups is 1. The van der Waals surface area contributed by atoms with Gasteiger partial charge in [0.05, 0.1) is 6.10 Å². The van der Waals surface area contributed by atoms with E-state index in [2.05, 4.69) is 0 Å². The molecule has 1 rings (SSSR count). The molecule has 0 aliphatic rings. The average molecular weight is 264 g/mol. The van der Waals surface area contributed by atoms with Crippen molar-refractivity contribution in [2.45, 2.75) is 36.4 Å². The summed E-state index contributed by atoms with van der Waals surface area (Å²) in [6.07, 6.45) is -5.44. The number of aliphatic hydroxyl groups excluding tert-OH is 1. The van der Waals surface area contributed by atoms with Crippen molar-refractivity contribution in [3.63, 3.8) is 0 Å². The van der Waals surface area contributed by atoms with Crippen LogP contribution in [0.1, 0.15) is 19.3 Å². The molecule has 1 aromatic rings. The van der Waals surface area contributed by atoms with Gasteiger partial charge < -0.3 is 5.11 Å². The molecule has 96 valence electrons. The fraction of sp³-hybridized carbons (Fsp3) is 0.500. The van der Waals surface area contributed by atoms with E-state index >= 15 is 0 Å². The van der Waals surface area contributed by atoms with E-state index in [9.17, 15) is 18.3 Å². The summed E-state index contributed by atoms with van der Waals surface area (Å²) in [6.45, 7) is 0. The van der Waals surface area contributed by atoms with Gasteiger partial charge in [-0.05, 0) is 25.0 Å². The molecule has 1 unspecified atom stereocenters. The Morgan fingerprint density at radius 3 is 2.41 bits per heavy atom. The normalized spacial score (nSPS) is 13.6. The predicted octanol–water partition coefficient (Wildman–Crippen LogP) is 3.87. The molecule has 0 bridgehead atoms. The lowest BCUT2D eigenvalue weighted by atomic mass is 10.2. The van der Waals surface area contributed by atoms with Crippen LogP contribution in [0.3, 0.4) is 0 Å². The van der Waals surface area contributed by atoms with Gasteiger partial charge in [-0.25, -0.2) is 0 Å². The number of thioether (sulfide) groups is 1. The van der Waals surface area contributed by atoms with E-state index in [1.165, 1.54) is 11.8 Å². The van der Waals surface area contributed by atoms with Crippen LogP contribution >= 0.6 is 11.8 Å². The Labute approximate surface area is 103 Å². The standard InChI is InChI=1S/C12H15F3OS/c13-12(14,15)8-4-5-10(16)9-17-11-6-2-1-3-7-11/h1-3,6-7,10,16H,4-5,8-9H2. The van der Waals surface area contributed by atoms with E-state index in [0.29, 0.717) is 5.75 Å². The Kier molecular flexibility index (Phi) is 5.85. The molecule has 1 nitrogen and oxygen atoms in total. The second-order valence-corrected chi connectivity index (χ2v) is 4.88. The molecule has 0 aliphatic carbocycles. The van der Waals surface area contributed by atoms with Crippen molar-refractivity contribution in [3.05, 3.63) is 30.3 Å². The highest BCUT2D eigenvalue weighted by molar-refractivity contribution is 7.99. The summed E-state index contributed by atoms with van der Waals surface area (Å²) in [4.78, 5) is 1.02. The molecule has 0 saturated carbocycles. The van der Waals surface area contributed by atoms with E-state index in [-0.39, 0.29) is 12.8 Å². The third kappa shape index (κ3) is 7.28. The van der Waals surface area contributed by atoms with E-state index in [4.69, 9.17) is 0 Å². The van der Waals surface area contributed by atoms with Crippen molar-refractivity contribution in [1.29, 1.82) is 0 Å². The Morgan fingerprint density at radius 2 is 1.82 bits per heavy atom. The number of halogens is 3. The predicted molar refractivity (Wildman–Crippen MR) is 63.1 cm³/mol. The molecular formula is C12H15F3OS. The molecule has 0 radical (unpaired) electrons. The molecule has 0 spiro atoms. The third-order valence-corrected chi connectivity index (χ3v) is 3.34. The van der Waals surface area contributed by atoms with Gasteiger partial charge in [-0.1, -0.05) is 18.2 Å². The Morgan fingerprint density at radius 1 is 1.18 bits per heavy atom. The zero-order valence-corrected chi connectivity index (χ0v) is 10.1. The lowest BCUT2D eigenvalue weighted by molar-refractivity contribution is -0.136. The minimum absolute atomic E-state index is 0.0139. The topological polar surface area (TPSA) is 20.2 Å². The van der Waals surface area contributed by atoms with Gasteiger partial charge >= 0.3 is 6.18 Å². The monoisotopic (exact) mass is 264 g/mol. The highest BCUT2D eigenvalue weighted by atomic mass is 32.2. The van der Waals surface area contributed by atoms with Crippen molar-refractivity contribution in [2.75, 3.05) is 5.75 Å². The number of alkyl halides is 3. The van der Waals surface area contributed by atoms with Crippen LogP contribution in [0.15, 0.2) is 35.2 Å². The zero-order valence-electron chi connectivity index (χ0n) is 9.28. The number of rotatable bonds is 6. The summed E-state index contributed by atoms with van der Waals surface area (Å²) in [5, 5.41) is 9.52. The first-order chi connectivity index (χ1) is 7.97. The summed E-state index contributed by atoms with van der Waals surface area (Å²) in [7, 11) is 0. The molecule has 1 N–H and O–H groups in total. The molecule has 17 heavy (non-hydrogen) atoms. The van der Waals surface area contributed by atoms with Gasteiger partial charge in [0.25, 0.3) is 0 Å². The minimum Gasteiger partial charge on any atom is -0.392 e. The Balaban J connectivity index is 2.15. The Hall–Kier alpha value is -0.680. The van der Waals surface area contributed by atoms with E-state index < -0.39 is 18.7 Å². The van der Waals surface area contributed by atoms with Crippen molar-refractivity contribution in [1.82, 2.24) is 0 Å². The van der Waals surface area contributed by atoms with Crippen LogP contribution in [0.5, 0.6) is 0 Å². The number of hydrogen-bond acceptors (Lipinski definition) is 2. The fourth-order valence-electron chi connectivity index (χ4n) is 1.33. The molecule has 0 aromatic heterocycles. The summed E-state index contributed by atoms with van der Waals surface area (Å²) >= 11 is 1.46. The van der Waals surface area contributed by atoms with Crippen LogP contribution in [-0.4, -0.2) is 23.1 Å². The van der Waals surface area contributed by atoms with Crippen LogP contribution < -0.4 is 0 Å². The maximum atomic E-state index is 11.9. The molecule has 0 saturated heterocycles. The SMILES string of the molecule is OC(CCCC(F)(F)F)CSc1ccccc1. The van der Waals surface area contributed by atoms with Crippen molar-refractivity contribution in [3.8, 4) is 0 Å². The van der Waals surface area contributed by atoms with Crippen molar-refractivity contribution >= 4 is 11.8 Å². The zero-order chi connectivity index (χ0) is 12.7. The highest BCUT2D eigenvalue weighted by Gasteiger charge is 2.26. The van der Waals surface area contributed by atoms with Crippen LogP contribution in [0.2, 0.25) is 0 Å². The summed E-state index contributed by atoms with van der Waals surface area (Å²) in [5.74, 6) is 0.432. The van der Waals surface area contributed by atoms with Crippen LogP contribution in [-0.2, 0) is 0 Å². The number of benzene rings is 1. The van der Waals surface area contributed by atoms with Crippen molar-refractivity contribution in [2.24, 2.45) is 0 Å². The van der Waals surface area contributed by atoms with Gasteiger partial charge in [-0.15, -0.1) is 11.8 Å². The first-order valence-electron chi connectivity index (χ1n) is 5.40. The number of hydrogen-bond donors (Lipinski definition) is 1. The van der Waals surface area contributed by atoms with Gasteiger partial charge in [0.15, 0.2) is 0 Å². The minimum atomic E-state index is -4.12. The molecule has 0 aliphatic heterocycles. The van der Waals surface area contributed by atoms with Crippen LogP contribution in [0.4, 0.5) is 13.2 Å². The molecule has 0 heterocycles. The van der Waals surface area contributed by atoms with E-state index in [1.807, 2.05) is 30.3 Å². The summed E-state index contributed by atoms with van der Waals surface area (Å²) in [6, 6.07) is 9.49. The smallest absolute Gasteiger partial charge is 0.389 e. The highest BCUT2D eigenvalue weighted by Crippen LogP contribution is 2.24. The van der Waals surface area contributed by atoms with E-state index in [0.717, 1.165) is 4.90 Å². The maximum Gasteiger partial charge on any atom is 0.389 e. The van der Waals surface area contributed by atoms with Crippen molar-refractivity contribution < 1.29 is 18.3 Å². The lowest BCUT2D eigenvalue weighted by Gasteiger charge is -2.11. The Bertz CT molecular complexity index is 313. The molecular weight excluding hydrogens is 249 g/mol. The van der Waals surface area contributed by atoms with Gasteiger partial charge in [0, 0.05) is 17.1 Å². The molecule has 1 atom stereocenters. The first-order valence-corrected chi connectivity index (χ1v) is 6.38. The van der Waals surface area contributed by atoms with Gasteiger partial charge in [-0.2, -0.15) is 13.2 Å². The third-order valence-electron chi connectivity index (χ3n) is 2.18. The molecule has 1 aromatic carbocycles. The van der Waals surface area contributed by atoms with Gasteiger partial charge in [0.2, 0.25) is 0 Å². The fourth-order valence-corrected chi connectivity index (χ4v) is 2.23. The largest absolute Gasteiger partial charge is 0.392 e. The van der Waals surface area contributed by atoms with Gasteiger partial charge in [-0.3, -0.25) is 0 Å². The summed E-state index contributed by atoms with van der Waals surface area (Å²) in [5.41, 5.74) is 0. The average Bonchev–Trinajstić information content (AvgIpc) is 2.26. The molecule has 0 fully saturated rings. The second-order valence-electron chi connectivity index (χ2n) is 3.79. The maximum absolute atomic E-state index is 11.9. The van der Waals surface area contributed by atoms with Gasteiger partial charge in [0.1, 0.15) is 0 Å². The van der Waals surface area contributed by atoms with Crippen LogP contribution in [0, 0.1) is 0 Å². The molecule has 5 heteroatoms. The quantitative estimate of drug-likeness (QED) is 0.787. The summed E-state index contributed by atoms with van der Waals surface area (Å²) < 4.78 is 35.6. The first kappa shape index (κ1) is 14.4. The lowest BCUT2D eigenvalue weighted by Crippen LogP contribution is -2.13.